The van der Waals surface area contributed by atoms with E-state index in [1.807, 2.05) is 49.1 Å². The molecule has 0 aliphatic rings. The first-order valence-corrected chi connectivity index (χ1v) is 8.92. The van der Waals surface area contributed by atoms with Crippen LogP contribution in [0, 0.1) is 6.92 Å². The van der Waals surface area contributed by atoms with E-state index in [0.717, 1.165) is 5.69 Å². The van der Waals surface area contributed by atoms with E-state index in [0.29, 0.717) is 12.2 Å². The van der Waals surface area contributed by atoms with Crippen molar-refractivity contribution in [1.82, 2.24) is 19.6 Å². The van der Waals surface area contributed by atoms with Crippen LogP contribution >= 0.6 is 0 Å². The van der Waals surface area contributed by atoms with Crippen LogP contribution in [0.4, 0.5) is 5.69 Å². The molecule has 1 amide bonds. The number of hydrogen-bond acceptors (Lipinski definition) is 3. The number of benzene rings is 2. The number of amides is 1. The van der Waals surface area contributed by atoms with E-state index in [2.05, 4.69) is 45.8 Å². The van der Waals surface area contributed by atoms with Crippen molar-refractivity contribution < 1.29 is 4.79 Å². The molecule has 0 aliphatic carbocycles. The third-order valence-corrected chi connectivity index (χ3v) is 4.63. The van der Waals surface area contributed by atoms with Gasteiger partial charge in [-0.05, 0) is 36.2 Å². The Bertz CT molecular complexity index is 1090. The number of nitrogens with zero attached hydrogens (tertiary/aromatic N) is 4. The van der Waals surface area contributed by atoms with Gasteiger partial charge in [0.05, 0.1) is 24.1 Å². The van der Waals surface area contributed by atoms with Gasteiger partial charge in [-0.1, -0.05) is 42.5 Å². The van der Waals surface area contributed by atoms with Gasteiger partial charge in [-0.15, -0.1) is 0 Å². The normalized spacial score (nSPS) is 12.2. The Balaban J connectivity index is 1.48. The Labute approximate surface area is 157 Å². The number of hydrogen-bond donors (Lipinski definition) is 1. The predicted octanol–water partition coefficient (Wildman–Crippen LogP) is 3.79. The van der Waals surface area contributed by atoms with Crippen molar-refractivity contribution in [2.24, 2.45) is 0 Å². The van der Waals surface area contributed by atoms with Crippen LogP contribution in [-0.4, -0.2) is 25.5 Å². The standard InChI is InChI=1S/C21H21N5O/c1-15-10-11-26(24-15)16(2)21(27)23-19-12-22-25(14-19)13-18-8-5-7-17-6-3-4-9-20(17)18/h3-12,14,16H,13H2,1-2H3,(H,23,27). The molecule has 136 valence electrons. The van der Waals surface area contributed by atoms with Crippen molar-refractivity contribution in [2.45, 2.75) is 26.4 Å². The Kier molecular flexibility index (Phi) is 4.46. The average Bonchev–Trinajstić information content (AvgIpc) is 3.30. The highest BCUT2D eigenvalue weighted by atomic mass is 16.2. The van der Waals surface area contributed by atoms with E-state index in [4.69, 9.17) is 0 Å². The van der Waals surface area contributed by atoms with Gasteiger partial charge in [0, 0.05) is 12.4 Å². The van der Waals surface area contributed by atoms with Gasteiger partial charge in [-0.3, -0.25) is 14.2 Å². The van der Waals surface area contributed by atoms with Crippen LogP contribution in [-0.2, 0) is 11.3 Å². The topological polar surface area (TPSA) is 64.7 Å². The van der Waals surface area contributed by atoms with E-state index >= 15 is 0 Å². The molecule has 0 fully saturated rings. The van der Waals surface area contributed by atoms with E-state index in [1.54, 1.807) is 10.9 Å². The molecule has 0 bridgehead atoms. The molecule has 1 N–H and O–H groups in total. The molecule has 0 spiro atoms. The molecular weight excluding hydrogens is 338 g/mol. The van der Waals surface area contributed by atoms with Crippen LogP contribution < -0.4 is 5.32 Å². The molecule has 0 saturated heterocycles. The molecule has 6 nitrogen and oxygen atoms in total. The maximum absolute atomic E-state index is 12.5. The zero-order chi connectivity index (χ0) is 18.8. The summed E-state index contributed by atoms with van der Waals surface area (Å²) < 4.78 is 3.49. The highest BCUT2D eigenvalue weighted by Gasteiger charge is 2.16. The second-order valence-corrected chi connectivity index (χ2v) is 6.67. The highest BCUT2D eigenvalue weighted by molar-refractivity contribution is 5.93. The third-order valence-electron chi connectivity index (χ3n) is 4.63. The van der Waals surface area contributed by atoms with Gasteiger partial charge in [-0.2, -0.15) is 10.2 Å². The van der Waals surface area contributed by atoms with Gasteiger partial charge in [0.2, 0.25) is 5.91 Å². The van der Waals surface area contributed by atoms with Crippen LogP contribution in [0.2, 0.25) is 0 Å². The number of aryl methyl sites for hydroxylation is 1. The van der Waals surface area contributed by atoms with Gasteiger partial charge in [0.15, 0.2) is 0 Å². The van der Waals surface area contributed by atoms with E-state index < -0.39 is 0 Å². The molecule has 4 aromatic rings. The number of nitrogens with one attached hydrogen (secondary N) is 1. The number of fused-ring (bicyclic) bond motifs is 1. The first-order chi connectivity index (χ1) is 13.1. The summed E-state index contributed by atoms with van der Waals surface area (Å²) >= 11 is 0. The molecule has 6 heteroatoms. The largest absolute Gasteiger partial charge is 0.322 e. The summed E-state index contributed by atoms with van der Waals surface area (Å²) in [4.78, 5) is 12.5. The van der Waals surface area contributed by atoms with E-state index in [9.17, 15) is 4.79 Å². The summed E-state index contributed by atoms with van der Waals surface area (Å²) in [6, 6.07) is 16.0. The fourth-order valence-corrected chi connectivity index (χ4v) is 3.14. The van der Waals surface area contributed by atoms with Gasteiger partial charge in [0.1, 0.15) is 6.04 Å². The lowest BCUT2D eigenvalue weighted by molar-refractivity contribution is -0.119. The fourth-order valence-electron chi connectivity index (χ4n) is 3.14. The SMILES string of the molecule is Cc1ccn(C(C)C(=O)Nc2cnn(Cc3cccc4ccccc34)c2)n1. The smallest absolute Gasteiger partial charge is 0.249 e. The summed E-state index contributed by atoms with van der Waals surface area (Å²) in [6.45, 7) is 4.37. The van der Waals surface area contributed by atoms with Crippen molar-refractivity contribution in [3.05, 3.63) is 78.4 Å². The van der Waals surface area contributed by atoms with Crippen LogP contribution in [0.25, 0.3) is 10.8 Å². The summed E-state index contributed by atoms with van der Waals surface area (Å²) in [7, 11) is 0. The van der Waals surface area contributed by atoms with Gasteiger partial charge < -0.3 is 5.32 Å². The number of carbonyl (C=O) groups is 1. The van der Waals surface area contributed by atoms with Crippen LogP contribution in [0.15, 0.2) is 67.1 Å². The summed E-state index contributed by atoms with van der Waals surface area (Å²) in [5.74, 6) is -0.122. The number of aromatic nitrogens is 4. The molecule has 27 heavy (non-hydrogen) atoms. The van der Waals surface area contributed by atoms with Gasteiger partial charge in [0.25, 0.3) is 0 Å². The molecule has 0 saturated carbocycles. The lowest BCUT2D eigenvalue weighted by Crippen LogP contribution is -2.23. The van der Waals surface area contributed by atoms with Gasteiger partial charge >= 0.3 is 0 Å². The number of rotatable bonds is 5. The van der Waals surface area contributed by atoms with E-state index in [-0.39, 0.29) is 11.9 Å². The Morgan fingerprint density at radius 1 is 1.15 bits per heavy atom. The first kappa shape index (κ1) is 17.0. The van der Waals surface area contributed by atoms with Crippen LogP contribution in [0.3, 0.4) is 0 Å². The lowest BCUT2D eigenvalue weighted by atomic mass is 10.0. The summed E-state index contributed by atoms with van der Waals surface area (Å²) in [5, 5.41) is 14.0. The maximum atomic E-state index is 12.5. The minimum atomic E-state index is -0.389. The predicted molar refractivity (Wildman–Crippen MR) is 106 cm³/mol. The van der Waals surface area contributed by atoms with Crippen molar-refractivity contribution in [1.29, 1.82) is 0 Å². The first-order valence-electron chi connectivity index (χ1n) is 8.92. The molecular formula is C21H21N5O. The molecule has 1 unspecified atom stereocenters. The lowest BCUT2D eigenvalue weighted by Gasteiger charge is -2.11. The zero-order valence-corrected chi connectivity index (χ0v) is 15.3. The Morgan fingerprint density at radius 2 is 1.96 bits per heavy atom. The molecule has 2 aromatic heterocycles. The van der Waals surface area contributed by atoms with E-state index in [1.165, 1.54) is 16.3 Å². The minimum absolute atomic E-state index is 0.122. The van der Waals surface area contributed by atoms with Crippen molar-refractivity contribution in [2.75, 3.05) is 5.32 Å². The quantitative estimate of drug-likeness (QED) is 0.590. The fraction of sp³-hybridized carbons (Fsp3) is 0.190. The Morgan fingerprint density at radius 3 is 2.78 bits per heavy atom. The van der Waals surface area contributed by atoms with Crippen molar-refractivity contribution in [3.8, 4) is 0 Å². The Hall–Kier alpha value is -3.41. The molecule has 2 heterocycles. The molecule has 0 aliphatic heterocycles. The number of anilines is 1. The van der Waals surface area contributed by atoms with Crippen molar-refractivity contribution >= 4 is 22.4 Å². The summed E-state index contributed by atoms with van der Waals surface area (Å²) in [6.07, 6.45) is 5.33. The molecule has 4 rings (SSSR count). The van der Waals surface area contributed by atoms with Crippen molar-refractivity contribution in [3.63, 3.8) is 0 Å². The highest BCUT2D eigenvalue weighted by Crippen LogP contribution is 2.20. The second-order valence-electron chi connectivity index (χ2n) is 6.67. The number of carbonyl (C=O) groups excluding carboxylic acids is 1. The maximum Gasteiger partial charge on any atom is 0.249 e. The third kappa shape index (κ3) is 3.60. The monoisotopic (exact) mass is 359 g/mol. The summed E-state index contributed by atoms with van der Waals surface area (Å²) in [5.41, 5.74) is 2.75. The second kappa shape index (κ2) is 7.07. The van der Waals surface area contributed by atoms with Crippen LogP contribution in [0.1, 0.15) is 24.2 Å². The minimum Gasteiger partial charge on any atom is -0.322 e. The van der Waals surface area contributed by atoms with Crippen LogP contribution in [0.5, 0.6) is 0 Å². The van der Waals surface area contributed by atoms with Gasteiger partial charge in [-0.25, -0.2) is 0 Å². The molecule has 1 atom stereocenters. The molecule has 2 aromatic carbocycles. The average molecular weight is 359 g/mol. The molecule has 0 radical (unpaired) electrons. The zero-order valence-electron chi connectivity index (χ0n) is 15.3.